The first kappa shape index (κ1) is 18.4. The monoisotopic (exact) mass is 410 g/mol. The van der Waals surface area contributed by atoms with Crippen molar-refractivity contribution in [2.24, 2.45) is 0 Å². The van der Waals surface area contributed by atoms with E-state index in [9.17, 15) is 14.7 Å². The average Bonchev–Trinajstić information content (AvgIpc) is 3.30. The van der Waals surface area contributed by atoms with Gasteiger partial charge >= 0.3 is 0 Å². The van der Waals surface area contributed by atoms with Crippen LogP contribution in [0.4, 0.5) is 0 Å². The Morgan fingerprint density at radius 3 is 2.68 bits per heavy atom. The van der Waals surface area contributed by atoms with Gasteiger partial charge in [0.15, 0.2) is 0 Å². The SMILES string of the molecule is O=C1C(=O)N(Cc2cccs2)C(c2ccccn2)/C1=C(/O)c1cccc(Cl)c1. The molecule has 1 fully saturated rings. The Balaban J connectivity index is 1.87. The maximum absolute atomic E-state index is 12.9. The molecule has 3 heterocycles. The van der Waals surface area contributed by atoms with Crippen LogP contribution in [0.5, 0.6) is 0 Å². The van der Waals surface area contributed by atoms with Crippen molar-refractivity contribution in [2.75, 3.05) is 0 Å². The number of Topliss-reactive ketones (excluding diaryl/α,β-unsaturated/α-hetero) is 1. The summed E-state index contributed by atoms with van der Waals surface area (Å²) in [5.41, 5.74) is 0.909. The Kier molecular flexibility index (Phi) is 4.98. The molecule has 1 saturated heterocycles. The van der Waals surface area contributed by atoms with Gasteiger partial charge in [0.1, 0.15) is 11.8 Å². The largest absolute Gasteiger partial charge is 0.507 e. The van der Waals surface area contributed by atoms with Crippen molar-refractivity contribution in [3.63, 3.8) is 0 Å². The van der Waals surface area contributed by atoms with Gasteiger partial charge in [0.25, 0.3) is 11.7 Å². The summed E-state index contributed by atoms with van der Waals surface area (Å²) < 4.78 is 0. The van der Waals surface area contributed by atoms with E-state index in [2.05, 4.69) is 4.98 Å². The number of aliphatic hydroxyl groups is 1. The van der Waals surface area contributed by atoms with Gasteiger partial charge in [0, 0.05) is 21.7 Å². The second-order valence-electron chi connectivity index (χ2n) is 6.27. The summed E-state index contributed by atoms with van der Waals surface area (Å²) >= 11 is 7.53. The first-order valence-electron chi connectivity index (χ1n) is 8.54. The van der Waals surface area contributed by atoms with Crippen LogP contribution in [0.15, 0.2) is 71.7 Å². The molecular weight excluding hydrogens is 396 g/mol. The number of amides is 1. The minimum absolute atomic E-state index is 0.0162. The van der Waals surface area contributed by atoms with E-state index in [1.54, 1.807) is 48.7 Å². The number of carbonyl (C=O) groups excluding carboxylic acids is 2. The predicted molar refractivity (Wildman–Crippen MR) is 108 cm³/mol. The number of likely N-dealkylation sites (tertiary alicyclic amines) is 1. The lowest BCUT2D eigenvalue weighted by Crippen LogP contribution is -2.29. The third kappa shape index (κ3) is 3.32. The van der Waals surface area contributed by atoms with E-state index in [0.29, 0.717) is 16.3 Å². The Labute approximate surface area is 170 Å². The highest BCUT2D eigenvalue weighted by Crippen LogP contribution is 2.40. The third-order valence-corrected chi connectivity index (χ3v) is 5.61. The number of hydrogen-bond acceptors (Lipinski definition) is 5. The molecule has 0 bridgehead atoms. The molecule has 5 nitrogen and oxygen atoms in total. The molecule has 28 heavy (non-hydrogen) atoms. The van der Waals surface area contributed by atoms with Gasteiger partial charge < -0.3 is 10.0 Å². The Morgan fingerprint density at radius 2 is 2.00 bits per heavy atom. The Morgan fingerprint density at radius 1 is 1.14 bits per heavy atom. The number of benzene rings is 1. The highest BCUT2D eigenvalue weighted by Gasteiger charge is 2.46. The van der Waals surface area contributed by atoms with Crippen LogP contribution in [-0.4, -0.2) is 26.7 Å². The Bertz CT molecular complexity index is 1060. The van der Waals surface area contributed by atoms with Gasteiger partial charge in [-0.25, -0.2) is 0 Å². The number of ketones is 1. The van der Waals surface area contributed by atoms with Gasteiger partial charge in [0.05, 0.1) is 17.8 Å². The zero-order chi connectivity index (χ0) is 19.7. The molecule has 3 aromatic rings. The number of pyridine rings is 1. The number of hydrogen-bond donors (Lipinski definition) is 1. The van der Waals surface area contributed by atoms with E-state index in [0.717, 1.165) is 4.88 Å². The maximum atomic E-state index is 12.9. The smallest absolute Gasteiger partial charge is 0.296 e. The molecule has 1 unspecified atom stereocenters. The van der Waals surface area contributed by atoms with Gasteiger partial charge in [-0.2, -0.15) is 0 Å². The van der Waals surface area contributed by atoms with Gasteiger partial charge in [-0.1, -0.05) is 35.9 Å². The van der Waals surface area contributed by atoms with Gasteiger partial charge in [-0.05, 0) is 35.7 Å². The molecular formula is C21H15ClN2O3S. The first-order valence-corrected chi connectivity index (χ1v) is 9.79. The van der Waals surface area contributed by atoms with Gasteiger partial charge in [-0.15, -0.1) is 11.3 Å². The van der Waals surface area contributed by atoms with E-state index in [1.165, 1.54) is 16.2 Å². The molecule has 1 aliphatic heterocycles. The quantitative estimate of drug-likeness (QED) is 0.392. The number of aromatic nitrogens is 1. The van der Waals surface area contributed by atoms with E-state index in [-0.39, 0.29) is 17.9 Å². The second-order valence-corrected chi connectivity index (χ2v) is 7.74. The van der Waals surface area contributed by atoms with Crippen LogP contribution < -0.4 is 0 Å². The fraction of sp³-hybridized carbons (Fsp3) is 0.0952. The number of aliphatic hydroxyl groups excluding tert-OH is 1. The number of nitrogens with zero attached hydrogens (tertiary/aromatic N) is 2. The van der Waals surface area contributed by atoms with Crippen molar-refractivity contribution < 1.29 is 14.7 Å². The number of carbonyl (C=O) groups is 2. The summed E-state index contributed by atoms with van der Waals surface area (Å²) in [7, 11) is 0. The van der Waals surface area contributed by atoms with Crippen molar-refractivity contribution in [1.29, 1.82) is 0 Å². The molecule has 0 saturated carbocycles. The predicted octanol–water partition coefficient (Wildman–Crippen LogP) is 4.42. The topological polar surface area (TPSA) is 70.5 Å². The average molecular weight is 411 g/mol. The van der Waals surface area contributed by atoms with Crippen molar-refractivity contribution in [3.05, 3.63) is 92.9 Å². The van der Waals surface area contributed by atoms with Crippen LogP contribution in [0.3, 0.4) is 0 Å². The molecule has 1 N–H and O–H groups in total. The van der Waals surface area contributed by atoms with Crippen LogP contribution in [0.2, 0.25) is 5.02 Å². The minimum atomic E-state index is -0.776. The summed E-state index contributed by atoms with van der Waals surface area (Å²) in [6.07, 6.45) is 1.60. The summed E-state index contributed by atoms with van der Waals surface area (Å²) in [5.74, 6) is -1.65. The van der Waals surface area contributed by atoms with Gasteiger partial charge in [-0.3, -0.25) is 14.6 Å². The summed E-state index contributed by atoms with van der Waals surface area (Å²) in [4.78, 5) is 32.4. The summed E-state index contributed by atoms with van der Waals surface area (Å²) in [5, 5.41) is 13.2. The first-order chi connectivity index (χ1) is 13.6. The fourth-order valence-corrected chi connectivity index (χ4v) is 4.14. The molecule has 1 amide bonds. The molecule has 2 aromatic heterocycles. The number of thiophene rings is 1. The van der Waals surface area contributed by atoms with Gasteiger partial charge in [0.2, 0.25) is 0 Å². The van der Waals surface area contributed by atoms with Crippen LogP contribution in [0.25, 0.3) is 5.76 Å². The molecule has 7 heteroatoms. The highest BCUT2D eigenvalue weighted by atomic mass is 35.5. The lowest BCUT2D eigenvalue weighted by molar-refractivity contribution is -0.140. The van der Waals surface area contributed by atoms with Crippen molar-refractivity contribution >= 4 is 40.4 Å². The molecule has 140 valence electrons. The summed E-state index contributed by atoms with van der Waals surface area (Å²) in [6, 6.07) is 14.8. The molecule has 1 atom stereocenters. The lowest BCUT2D eigenvalue weighted by Gasteiger charge is -2.24. The van der Waals surface area contributed by atoms with E-state index >= 15 is 0 Å². The molecule has 4 rings (SSSR count). The maximum Gasteiger partial charge on any atom is 0.296 e. The zero-order valence-electron chi connectivity index (χ0n) is 14.6. The number of rotatable bonds is 4. The van der Waals surface area contributed by atoms with Crippen LogP contribution >= 0.6 is 22.9 Å². The second kappa shape index (κ2) is 7.58. The van der Waals surface area contributed by atoms with E-state index in [4.69, 9.17) is 11.6 Å². The Hall–Kier alpha value is -2.96. The van der Waals surface area contributed by atoms with Crippen molar-refractivity contribution in [2.45, 2.75) is 12.6 Å². The van der Waals surface area contributed by atoms with Crippen LogP contribution in [0, 0.1) is 0 Å². The summed E-state index contributed by atoms with van der Waals surface area (Å²) in [6.45, 7) is 0.260. The van der Waals surface area contributed by atoms with Crippen molar-refractivity contribution in [3.8, 4) is 0 Å². The number of halogens is 1. The molecule has 1 aromatic carbocycles. The highest BCUT2D eigenvalue weighted by molar-refractivity contribution is 7.09. The third-order valence-electron chi connectivity index (χ3n) is 4.51. The van der Waals surface area contributed by atoms with Crippen molar-refractivity contribution in [1.82, 2.24) is 9.88 Å². The van der Waals surface area contributed by atoms with Crippen LogP contribution in [0.1, 0.15) is 22.2 Å². The normalized spacial score (nSPS) is 18.6. The molecule has 0 spiro atoms. The standard InChI is InChI=1S/C21H15ClN2O3S/c22-14-6-3-5-13(11-14)19(25)17-18(16-8-1-2-9-23-16)24(21(27)20(17)26)12-15-7-4-10-28-15/h1-11,18,25H,12H2/b19-17-. The van der Waals surface area contributed by atoms with Crippen LogP contribution in [-0.2, 0) is 16.1 Å². The van der Waals surface area contributed by atoms with E-state index in [1.807, 2.05) is 17.5 Å². The molecule has 1 aliphatic rings. The molecule has 0 aliphatic carbocycles. The van der Waals surface area contributed by atoms with E-state index < -0.39 is 17.7 Å². The lowest BCUT2D eigenvalue weighted by atomic mass is 9.98. The fourth-order valence-electron chi connectivity index (χ4n) is 3.25. The zero-order valence-corrected chi connectivity index (χ0v) is 16.2. The minimum Gasteiger partial charge on any atom is -0.507 e. The molecule has 0 radical (unpaired) electrons.